The Bertz CT molecular complexity index is 1340. The minimum absolute atomic E-state index is 0.00207. The molecule has 2 heterocycles. The molecule has 0 radical (unpaired) electrons. The zero-order chi connectivity index (χ0) is 21.1. The molecule has 154 valence electrons. The molecule has 0 atom stereocenters. The van der Waals surface area contributed by atoms with Crippen LogP contribution in [-0.2, 0) is 23.6 Å². The Labute approximate surface area is 167 Å². The highest BCUT2D eigenvalue weighted by atomic mass is 32.2. The van der Waals surface area contributed by atoms with E-state index in [1.165, 1.54) is 29.8 Å². The van der Waals surface area contributed by atoms with E-state index >= 15 is 0 Å². The summed E-state index contributed by atoms with van der Waals surface area (Å²) in [6.07, 6.45) is 1.55. The average molecular weight is 418 g/mol. The lowest BCUT2D eigenvalue weighted by Gasteiger charge is -2.15. The van der Waals surface area contributed by atoms with Crippen LogP contribution in [0.25, 0.3) is 10.9 Å². The van der Waals surface area contributed by atoms with Crippen LogP contribution in [-0.4, -0.2) is 28.2 Å². The van der Waals surface area contributed by atoms with Gasteiger partial charge in [-0.25, -0.2) is 17.9 Å². The van der Waals surface area contributed by atoms with E-state index in [9.17, 15) is 18.0 Å². The van der Waals surface area contributed by atoms with Gasteiger partial charge in [0.15, 0.2) is 0 Å². The number of sulfonamides is 1. The number of rotatable bonds is 5. The topological polar surface area (TPSA) is 116 Å². The molecule has 0 aliphatic heterocycles. The Morgan fingerprint density at radius 3 is 2.52 bits per heavy atom. The Hall–Kier alpha value is -2.72. The zero-order valence-corrected chi connectivity index (χ0v) is 17.5. The second kappa shape index (κ2) is 6.39. The third-order valence-corrected chi connectivity index (χ3v) is 7.14. The van der Waals surface area contributed by atoms with E-state index < -0.39 is 26.8 Å². The highest BCUT2D eigenvalue weighted by Gasteiger charge is 2.41. The van der Waals surface area contributed by atoms with E-state index in [0.717, 1.165) is 23.0 Å². The zero-order valence-electron chi connectivity index (χ0n) is 16.6. The lowest BCUT2D eigenvalue weighted by Crippen LogP contribution is -2.39. The molecule has 29 heavy (non-hydrogen) atoms. The second-order valence-corrected chi connectivity index (χ2v) is 9.56. The van der Waals surface area contributed by atoms with Crippen LogP contribution in [0.2, 0.25) is 0 Å². The largest absolute Gasteiger partial charge is 0.361 e. The van der Waals surface area contributed by atoms with Gasteiger partial charge in [-0.2, -0.15) is 0 Å². The third-order valence-electron chi connectivity index (χ3n) is 5.50. The van der Waals surface area contributed by atoms with Crippen LogP contribution in [0.1, 0.15) is 36.8 Å². The number of nitrogens with zero attached hydrogens (tertiary/aromatic N) is 3. The van der Waals surface area contributed by atoms with Crippen LogP contribution < -0.4 is 16.0 Å². The monoisotopic (exact) mass is 418 g/mol. The minimum Gasteiger partial charge on any atom is -0.361 e. The molecule has 4 rings (SSSR count). The summed E-state index contributed by atoms with van der Waals surface area (Å²) in [6.45, 7) is 5.52. The smallest absolute Gasteiger partial charge is 0.331 e. The first-order chi connectivity index (χ1) is 13.5. The standard InChI is InChI=1S/C19H22N4O5S/c1-11-15(12(2)28-20-11)10-23-16-6-5-13(29(26,27)21-19(3)7-8-19)9-14(16)17(24)22(4)18(23)25/h5-6,9,21H,7-8,10H2,1-4H3. The van der Waals surface area contributed by atoms with Gasteiger partial charge >= 0.3 is 5.69 Å². The molecule has 9 nitrogen and oxygen atoms in total. The molecule has 1 aliphatic rings. The van der Waals surface area contributed by atoms with Crippen molar-refractivity contribution in [3.63, 3.8) is 0 Å². The second-order valence-electron chi connectivity index (χ2n) is 7.88. The lowest BCUT2D eigenvalue weighted by molar-refractivity contribution is 0.392. The fraction of sp³-hybridized carbons (Fsp3) is 0.421. The molecule has 1 saturated carbocycles. The van der Waals surface area contributed by atoms with Crippen molar-refractivity contribution in [1.82, 2.24) is 19.0 Å². The van der Waals surface area contributed by atoms with E-state index in [1.54, 1.807) is 13.8 Å². The van der Waals surface area contributed by atoms with Crippen LogP contribution in [0.15, 0.2) is 37.2 Å². The lowest BCUT2D eigenvalue weighted by atomic mass is 10.2. The maximum Gasteiger partial charge on any atom is 0.331 e. The van der Waals surface area contributed by atoms with Gasteiger partial charge in [-0.15, -0.1) is 0 Å². The third kappa shape index (κ3) is 3.32. The summed E-state index contributed by atoms with van der Waals surface area (Å²) in [6, 6.07) is 4.24. The number of fused-ring (bicyclic) bond motifs is 1. The van der Waals surface area contributed by atoms with Gasteiger partial charge in [-0.05, 0) is 51.8 Å². The summed E-state index contributed by atoms with van der Waals surface area (Å²) in [5.41, 5.74) is 0.275. The molecule has 0 amide bonds. The van der Waals surface area contributed by atoms with Gasteiger partial charge in [0.1, 0.15) is 5.76 Å². The number of hydrogen-bond donors (Lipinski definition) is 1. The molecule has 0 bridgehead atoms. The van der Waals surface area contributed by atoms with Gasteiger partial charge in [0.25, 0.3) is 5.56 Å². The van der Waals surface area contributed by atoms with Crippen LogP contribution in [0.5, 0.6) is 0 Å². The van der Waals surface area contributed by atoms with Crippen molar-refractivity contribution in [3.8, 4) is 0 Å². The molecule has 1 fully saturated rings. The molecule has 0 unspecified atom stereocenters. The number of hydrogen-bond acceptors (Lipinski definition) is 6. The molecule has 1 N–H and O–H groups in total. The Kier molecular flexibility index (Phi) is 4.32. The van der Waals surface area contributed by atoms with Crippen molar-refractivity contribution in [2.45, 2.75) is 50.6 Å². The molecule has 10 heteroatoms. The molecular formula is C19H22N4O5S. The predicted octanol–water partition coefficient (Wildman–Crippen LogP) is 1.18. The number of aryl methyl sites for hydroxylation is 2. The fourth-order valence-corrected chi connectivity index (χ4v) is 4.84. The van der Waals surface area contributed by atoms with E-state index in [1.807, 2.05) is 6.92 Å². The van der Waals surface area contributed by atoms with Crippen molar-refractivity contribution in [2.75, 3.05) is 0 Å². The first kappa shape index (κ1) is 19.6. The highest BCUT2D eigenvalue weighted by Crippen LogP contribution is 2.36. The highest BCUT2D eigenvalue weighted by molar-refractivity contribution is 7.89. The fourth-order valence-electron chi connectivity index (χ4n) is 3.35. The predicted molar refractivity (Wildman–Crippen MR) is 106 cm³/mol. The summed E-state index contributed by atoms with van der Waals surface area (Å²) in [4.78, 5) is 25.5. The van der Waals surface area contributed by atoms with E-state index in [2.05, 4.69) is 9.88 Å². The van der Waals surface area contributed by atoms with Gasteiger partial charge < -0.3 is 4.52 Å². The molecular weight excluding hydrogens is 396 g/mol. The summed E-state index contributed by atoms with van der Waals surface area (Å²) in [5.74, 6) is 0.581. The van der Waals surface area contributed by atoms with Crippen molar-refractivity contribution in [3.05, 3.63) is 56.1 Å². The Morgan fingerprint density at radius 1 is 1.24 bits per heavy atom. The minimum atomic E-state index is -3.77. The van der Waals surface area contributed by atoms with E-state index in [-0.39, 0.29) is 16.8 Å². The first-order valence-electron chi connectivity index (χ1n) is 9.22. The summed E-state index contributed by atoms with van der Waals surface area (Å²) in [7, 11) is -2.40. The normalized spacial score (nSPS) is 15.7. The Balaban J connectivity index is 1.90. The van der Waals surface area contributed by atoms with Crippen LogP contribution in [0.4, 0.5) is 0 Å². The van der Waals surface area contributed by atoms with Crippen molar-refractivity contribution in [2.24, 2.45) is 7.05 Å². The molecule has 0 spiro atoms. The molecule has 1 aliphatic carbocycles. The summed E-state index contributed by atoms with van der Waals surface area (Å²) in [5, 5.41) is 4.06. The maximum atomic E-state index is 12.8. The van der Waals surface area contributed by atoms with E-state index in [4.69, 9.17) is 4.52 Å². The van der Waals surface area contributed by atoms with Crippen LogP contribution >= 0.6 is 0 Å². The van der Waals surface area contributed by atoms with Gasteiger partial charge in [-0.1, -0.05) is 5.16 Å². The quantitative estimate of drug-likeness (QED) is 0.665. The van der Waals surface area contributed by atoms with Crippen molar-refractivity contribution >= 4 is 20.9 Å². The first-order valence-corrected chi connectivity index (χ1v) is 10.7. The number of benzene rings is 1. The van der Waals surface area contributed by atoms with Gasteiger partial charge in [0.05, 0.1) is 28.0 Å². The Morgan fingerprint density at radius 2 is 1.93 bits per heavy atom. The maximum absolute atomic E-state index is 12.8. The molecule has 2 aromatic heterocycles. The average Bonchev–Trinajstić information content (AvgIpc) is 3.30. The van der Waals surface area contributed by atoms with E-state index in [0.29, 0.717) is 17.0 Å². The number of aromatic nitrogens is 3. The summed E-state index contributed by atoms with van der Waals surface area (Å²) < 4.78 is 35.7. The number of nitrogens with one attached hydrogen (secondary N) is 1. The molecule has 3 aromatic rings. The summed E-state index contributed by atoms with van der Waals surface area (Å²) >= 11 is 0. The van der Waals surface area contributed by atoms with Gasteiger partial charge in [-0.3, -0.25) is 13.9 Å². The van der Waals surface area contributed by atoms with Crippen molar-refractivity contribution < 1.29 is 12.9 Å². The molecule has 0 saturated heterocycles. The van der Waals surface area contributed by atoms with Gasteiger partial charge in [0.2, 0.25) is 10.0 Å². The SMILES string of the molecule is Cc1noc(C)c1Cn1c(=O)n(C)c(=O)c2cc(S(=O)(=O)NC3(C)CC3)ccc21. The van der Waals surface area contributed by atoms with Crippen LogP contribution in [0, 0.1) is 13.8 Å². The van der Waals surface area contributed by atoms with Crippen LogP contribution in [0.3, 0.4) is 0 Å². The molecule has 1 aromatic carbocycles. The van der Waals surface area contributed by atoms with Gasteiger partial charge in [0, 0.05) is 18.2 Å². The van der Waals surface area contributed by atoms with Crippen molar-refractivity contribution in [1.29, 1.82) is 0 Å².